The SMILES string of the molecule is Cc1ccc(CC(=O)OCC(=O)Nc2ccc(C)c(Cl)c2)cc1. The number of esters is 1. The first kappa shape index (κ1) is 17.0. The summed E-state index contributed by atoms with van der Waals surface area (Å²) in [4.78, 5) is 23.5. The molecule has 23 heavy (non-hydrogen) atoms. The number of ether oxygens (including phenoxy) is 1. The number of aryl methyl sites for hydroxylation is 2. The van der Waals surface area contributed by atoms with E-state index in [0.29, 0.717) is 10.7 Å². The Bertz CT molecular complexity index is 711. The van der Waals surface area contributed by atoms with Gasteiger partial charge in [-0.2, -0.15) is 0 Å². The standard InChI is InChI=1S/C18H18ClNO3/c1-12-3-6-14(7-4-12)9-18(22)23-11-17(21)20-15-8-5-13(2)16(19)10-15/h3-8,10H,9,11H2,1-2H3,(H,20,21). The molecular weight excluding hydrogens is 314 g/mol. The molecule has 0 radical (unpaired) electrons. The summed E-state index contributed by atoms with van der Waals surface area (Å²) in [6.07, 6.45) is 0.143. The van der Waals surface area contributed by atoms with E-state index >= 15 is 0 Å². The molecule has 2 aromatic rings. The Morgan fingerprint density at radius 2 is 1.78 bits per heavy atom. The van der Waals surface area contributed by atoms with Crippen LogP contribution >= 0.6 is 11.6 Å². The van der Waals surface area contributed by atoms with E-state index in [4.69, 9.17) is 16.3 Å². The summed E-state index contributed by atoms with van der Waals surface area (Å²) in [6, 6.07) is 12.8. The van der Waals surface area contributed by atoms with Crippen LogP contribution in [-0.2, 0) is 20.7 Å². The molecular formula is C18H18ClNO3. The smallest absolute Gasteiger partial charge is 0.310 e. The Kier molecular flexibility index (Phi) is 5.77. The molecule has 0 aliphatic carbocycles. The number of rotatable bonds is 5. The summed E-state index contributed by atoms with van der Waals surface area (Å²) in [5.41, 5.74) is 3.47. The van der Waals surface area contributed by atoms with Gasteiger partial charge in [0.25, 0.3) is 5.91 Å². The van der Waals surface area contributed by atoms with E-state index in [-0.39, 0.29) is 13.0 Å². The molecule has 0 saturated heterocycles. The third kappa shape index (κ3) is 5.42. The average Bonchev–Trinajstić information content (AvgIpc) is 2.51. The van der Waals surface area contributed by atoms with E-state index in [1.807, 2.05) is 38.1 Å². The van der Waals surface area contributed by atoms with Crippen molar-refractivity contribution in [2.45, 2.75) is 20.3 Å². The van der Waals surface area contributed by atoms with Crippen LogP contribution in [0.3, 0.4) is 0 Å². The maximum Gasteiger partial charge on any atom is 0.310 e. The molecule has 4 nitrogen and oxygen atoms in total. The number of benzene rings is 2. The summed E-state index contributed by atoms with van der Waals surface area (Å²) in [5, 5.41) is 3.20. The Balaban J connectivity index is 1.80. The lowest BCUT2D eigenvalue weighted by atomic mass is 10.1. The van der Waals surface area contributed by atoms with Crippen LogP contribution in [0.4, 0.5) is 5.69 Å². The maximum absolute atomic E-state index is 11.8. The van der Waals surface area contributed by atoms with Gasteiger partial charge < -0.3 is 10.1 Å². The largest absolute Gasteiger partial charge is 0.455 e. The first-order chi connectivity index (χ1) is 10.9. The number of hydrogen-bond donors (Lipinski definition) is 1. The number of carbonyl (C=O) groups excluding carboxylic acids is 2. The van der Waals surface area contributed by atoms with Crippen molar-refractivity contribution in [3.8, 4) is 0 Å². The van der Waals surface area contributed by atoms with E-state index < -0.39 is 11.9 Å². The van der Waals surface area contributed by atoms with E-state index in [1.54, 1.807) is 18.2 Å². The summed E-state index contributed by atoms with van der Waals surface area (Å²) in [7, 11) is 0. The van der Waals surface area contributed by atoms with Crippen molar-refractivity contribution in [3.63, 3.8) is 0 Å². The Morgan fingerprint density at radius 3 is 2.43 bits per heavy atom. The molecule has 0 bridgehead atoms. The van der Waals surface area contributed by atoms with Gasteiger partial charge in [-0.1, -0.05) is 47.5 Å². The van der Waals surface area contributed by atoms with Crippen LogP contribution in [0.5, 0.6) is 0 Å². The van der Waals surface area contributed by atoms with Gasteiger partial charge in [-0.05, 0) is 37.1 Å². The number of anilines is 1. The van der Waals surface area contributed by atoms with Gasteiger partial charge in [0.1, 0.15) is 0 Å². The van der Waals surface area contributed by atoms with E-state index in [2.05, 4.69) is 5.32 Å². The third-order valence-electron chi connectivity index (χ3n) is 3.29. The molecule has 0 fully saturated rings. The number of amides is 1. The van der Waals surface area contributed by atoms with Crippen LogP contribution < -0.4 is 5.32 Å². The zero-order valence-corrected chi connectivity index (χ0v) is 13.8. The molecule has 0 heterocycles. The second-order valence-corrected chi connectivity index (χ2v) is 5.74. The molecule has 0 spiro atoms. The summed E-state index contributed by atoms with van der Waals surface area (Å²) >= 11 is 5.99. The zero-order chi connectivity index (χ0) is 16.8. The van der Waals surface area contributed by atoms with Gasteiger partial charge in [0, 0.05) is 10.7 Å². The molecule has 120 valence electrons. The highest BCUT2D eigenvalue weighted by molar-refractivity contribution is 6.31. The van der Waals surface area contributed by atoms with Gasteiger partial charge in [-0.3, -0.25) is 9.59 Å². The lowest BCUT2D eigenvalue weighted by Gasteiger charge is -2.08. The van der Waals surface area contributed by atoms with Crippen molar-refractivity contribution in [1.29, 1.82) is 0 Å². The molecule has 2 aromatic carbocycles. The second-order valence-electron chi connectivity index (χ2n) is 5.34. The molecule has 0 aliphatic rings. The van der Waals surface area contributed by atoms with Gasteiger partial charge in [-0.25, -0.2) is 0 Å². The van der Waals surface area contributed by atoms with E-state index in [1.165, 1.54) is 0 Å². The van der Waals surface area contributed by atoms with Gasteiger partial charge in [-0.15, -0.1) is 0 Å². The quantitative estimate of drug-likeness (QED) is 0.850. The highest BCUT2D eigenvalue weighted by atomic mass is 35.5. The molecule has 0 saturated carbocycles. The van der Waals surface area contributed by atoms with Gasteiger partial charge in [0.15, 0.2) is 6.61 Å². The molecule has 1 amide bonds. The van der Waals surface area contributed by atoms with Crippen LogP contribution in [0.1, 0.15) is 16.7 Å². The highest BCUT2D eigenvalue weighted by Crippen LogP contribution is 2.19. The molecule has 1 N–H and O–H groups in total. The third-order valence-corrected chi connectivity index (χ3v) is 3.70. The fraction of sp³-hybridized carbons (Fsp3) is 0.222. The van der Waals surface area contributed by atoms with Crippen molar-refractivity contribution >= 4 is 29.2 Å². The van der Waals surface area contributed by atoms with Crippen LogP contribution in [0.2, 0.25) is 5.02 Å². The minimum absolute atomic E-state index is 0.143. The fourth-order valence-electron chi connectivity index (χ4n) is 1.94. The maximum atomic E-state index is 11.8. The number of halogens is 1. The summed E-state index contributed by atoms with van der Waals surface area (Å²) < 4.78 is 4.98. The first-order valence-corrected chi connectivity index (χ1v) is 7.59. The van der Waals surface area contributed by atoms with Crippen LogP contribution in [-0.4, -0.2) is 18.5 Å². The topological polar surface area (TPSA) is 55.4 Å². The number of hydrogen-bond acceptors (Lipinski definition) is 3. The summed E-state index contributed by atoms with van der Waals surface area (Å²) in [6.45, 7) is 3.53. The van der Waals surface area contributed by atoms with E-state index in [9.17, 15) is 9.59 Å². The monoisotopic (exact) mass is 331 g/mol. The van der Waals surface area contributed by atoms with Crippen LogP contribution in [0.15, 0.2) is 42.5 Å². The summed E-state index contributed by atoms with van der Waals surface area (Å²) in [5.74, 6) is -0.840. The van der Waals surface area contributed by atoms with Crippen LogP contribution in [0.25, 0.3) is 0 Å². The Labute approximate surface area is 140 Å². The molecule has 2 rings (SSSR count). The van der Waals surface area contributed by atoms with Gasteiger partial charge >= 0.3 is 5.97 Å². The van der Waals surface area contributed by atoms with Gasteiger partial charge in [0.2, 0.25) is 0 Å². The lowest BCUT2D eigenvalue weighted by Crippen LogP contribution is -2.21. The fourth-order valence-corrected chi connectivity index (χ4v) is 2.12. The minimum atomic E-state index is -0.439. The molecule has 0 atom stereocenters. The second kappa shape index (κ2) is 7.79. The first-order valence-electron chi connectivity index (χ1n) is 7.21. The Morgan fingerprint density at radius 1 is 1.09 bits per heavy atom. The van der Waals surface area contributed by atoms with Crippen molar-refractivity contribution < 1.29 is 14.3 Å². The predicted octanol–water partition coefficient (Wildman–Crippen LogP) is 3.68. The molecule has 0 aromatic heterocycles. The Hall–Kier alpha value is -2.33. The molecule has 5 heteroatoms. The van der Waals surface area contributed by atoms with Gasteiger partial charge in [0.05, 0.1) is 6.42 Å². The normalized spacial score (nSPS) is 10.2. The van der Waals surface area contributed by atoms with Crippen molar-refractivity contribution in [2.75, 3.05) is 11.9 Å². The van der Waals surface area contributed by atoms with Crippen molar-refractivity contribution in [3.05, 3.63) is 64.2 Å². The van der Waals surface area contributed by atoms with Crippen molar-refractivity contribution in [2.24, 2.45) is 0 Å². The highest BCUT2D eigenvalue weighted by Gasteiger charge is 2.09. The van der Waals surface area contributed by atoms with Crippen molar-refractivity contribution in [1.82, 2.24) is 0 Å². The predicted molar refractivity (Wildman–Crippen MR) is 90.7 cm³/mol. The van der Waals surface area contributed by atoms with Crippen LogP contribution in [0, 0.1) is 13.8 Å². The average molecular weight is 332 g/mol. The minimum Gasteiger partial charge on any atom is -0.455 e. The zero-order valence-electron chi connectivity index (χ0n) is 13.1. The number of carbonyl (C=O) groups is 2. The number of nitrogens with one attached hydrogen (secondary N) is 1. The molecule has 0 aliphatic heterocycles. The lowest BCUT2D eigenvalue weighted by molar-refractivity contribution is -0.146. The van der Waals surface area contributed by atoms with E-state index in [0.717, 1.165) is 16.7 Å². The molecule has 0 unspecified atom stereocenters.